The summed E-state index contributed by atoms with van der Waals surface area (Å²) in [7, 11) is 1.31. The van der Waals surface area contributed by atoms with E-state index >= 15 is 0 Å². The fourth-order valence-corrected chi connectivity index (χ4v) is 2.85. The van der Waals surface area contributed by atoms with Gasteiger partial charge in [0, 0.05) is 17.3 Å². The number of ether oxygens (including phenoxy) is 1. The fraction of sp³-hybridized carbons (Fsp3) is 0.211. The Morgan fingerprint density at radius 1 is 1.00 bits per heavy atom. The van der Waals surface area contributed by atoms with Crippen molar-refractivity contribution in [2.45, 2.75) is 13.0 Å². The van der Waals surface area contributed by atoms with Crippen molar-refractivity contribution in [3.63, 3.8) is 0 Å². The third-order valence-electron chi connectivity index (χ3n) is 4.06. The van der Waals surface area contributed by atoms with Crippen molar-refractivity contribution < 1.29 is 14.3 Å². The molecule has 0 aliphatic heterocycles. The predicted molar refractivity (Wildman–Crippen MR) is 95.4 cm³/mol. The van der Waals surface area contributed by atoms with Crippen molar-refractivity contribution in [1.29, 1.82) is 0 Å². The minimum atomic E-state index is -0.375. The van der Waals surface area contributed by atoms with E-state index < -0.39 is 0 Å². The van der Waals surface area contributed by atoms with Crippen LogP contribution in [0.4, 0.5) is 0 Å². The highest BCUT2D eigenvalue weighted by Crippen LogP contribution is 2.18. The van der Waals surface area contributed by atoms with Gasteiger partial charge in [-0.2, -0.15) is 0 Å². The molecule has 6 nitrogen and oxygen atoms in total. The van der Waals surface area contributed by atoms with E-state index in [2.05, 4.69) is 10.1 Å². The molecule has 6 heteroatoms. The van der Waals surface area contributed by atoms with E-state index in [0.717, 1.165) is 0 Å². The van der Waals surface area contributed by atoms with E-state index in [9.17, 15) is 14.4 Å². The van der Waals surface area contributed by atoms with Crippen molar-refractivity contribution in [1.82, 2.24) is 9.88 Å². The first-order valence-corrected chi connectivity index (χ1v) is 7.95. The summed E-state index contributed by atoms with van der Waals surface area (Å²) in [6.45, 7) is 0.268. The molecule has 0 saturated carbocycles. The molecule has 2 aromatic carbocycles. The lowest BCUT2D eigenvalue weighted by Gasteiger charge is -2.15. The molecule has 3 aromatic rings. The van der Waals surface area contributed by atoms with Crippen molar-refractivity contribution in [3.8, 4) is 0 Å². The number of nitrogens with one attached hydrogen (secondary N) is 1. The Hall–Kier alpha value is -3.15. The molecule has 1 amide bonds. The maximum absolute atomic E-state index is 12.6. The van der Waals surface area contributed by atoms with E-state index in [0.29, 0.717) is 21.8 Å². The Morgan fingerprint density at radius 3 is 2.12 bits per heavy atom. The van der Waals surface area contributed by atoms with Gasteiger partial charge in [0.05, 0.1) is 24.6 Å². The SMILES string of the molecule is COC(=O)CCNC(=O)Cn1c2ccccc2c(=O)c2ccccc21. The van der Waals surface area contributed by atoms with Crippen LogP contribution in [-0.2, 0) is 20.9 Å². The smallest absolute Gasteiger partial charge is 0.307 e. The zero-order chi connectivity index (χ0) is 17.8. The Morgan fingerprint density at radius 2 is 1.56 bits per heavy atom. The van der Waals surface area contributed by atoms with Crippen LogP contribution >= 0.6 is 0 Å². The van der Waals surface area contributed by atoms with Crippen LogP contribution in [0.1, 0.15) is 6.42 Å². The van der Waals surface area contributed by atoms with Gasteiger partial charge in [-0.25, -0.2) is 0 Å². The Bertz CT molecular complexity index is 947. The number of pyridine rings is 1. The van der Waals surface area contributed by atoms with Gasteiger partial charge in [-0.05, 0) is 24.3 Å². The van der Waals surface area contributed by atoms with Gasteiger partial charge in [0.15, 0.2) is 5.43 Å². The number of rotatable bonds is 5. The number of benzene rings is 2. The Labute approximate surface area is 144 Å². The zero-order valence-electron chi connectivity index (χ0n) is 13.8. The monoisotopic (exact) mass is 338 g/mol. The normalized spacial score (nSPS) is 10.8. The topological polar surface area (TPSA) is 77.4 Å². The molecule has 128 valence electrons. The maximum Gasteiger partial charge on any atom is 0.307 e. The van der Waals surface area contributed by atoms with Crippen molar-refractivity contribution in [3.05, 3.63) is 58.8 Å². The van der Waals surface area contributed by atoms with Gasteiger partial charge in [-0.15, -0.1) is 0 Å². The third kappa shape index (κ3) is 3.38. The second-order valence-corrected chi connectivity index (χ2v) is 5.63. The molecule has 0 fully saturated rings. The summed E-state index contributed by atoms with van der Waals surface area (Å²) >= 11 is 0. The average molecular weight is 338 g/mol. The van der Waals surface area contributed by atoms with Crippen LogP contribution in [0, 0.1) is 0 Å². The van der Waals surface area contributed by atoms with E-state index in [1.165, 1.54) is 7.11 Å². The molecular formula is C19H18N2O4. The first-order valence-electron chi connectivity index (χ1n) is 7.95. The summed E-state index contributed by atoms with van der Waals surface area (Å²) in [6, 6.07) is 14.4. The van der Waals surface area contributed by atoms with E-state index in [1.54, 1.807) is 24.3 Å². The number of carbonyl (C=O) groups is 2. The minimum Gasteiger partial charge on any atom is -0.469 e. The number of para-hydroxylation sites is 2. The molecular weight excluding hydrogens is 320 g/mol. The standard InChI is InChI=1S/C19H18N2O4/c1-25-18(23)10-11-20-17(22)12-21-15-8-4-2-6-13(15)19(24)14-7-3-5-9-16(14)21/h2-9H,10-12H2,1H3,(H,20,22). The molecule has 0 radical (unpaired) electrons. The van der Waals surface area contributed by atoms with Crippen molar-refractivity contribution in [2.24, 2.45) is 0 Å². The lowest BCUT2D eigenvalue weighted by atomic mass is 10.1. The van der Waals surface area contributed by atoms with E-state index in [4.69, 9.17) is 0 Å². The Kier molecular flexibility index (Phi) is 4.79. The first kappa shape index (κ1) is 16.7. The largest absolute Gasteiger partial charge is 0.469 e. The second kappa shape index (κ2) is 7.17. The first-order chi connectivity index (χ1) is 12.1. The van der Waals surface area contributed by atoms with Crippen LogP contribution in [0.25, 0.3) is 21.8 Å². The number of esters is 1. The van der Waals surface area contributed by atoms with Crippen molar-refractivity contribution >= 4 is 33.7 Å². The summed E-state index contributed by atoms with van der Waals surface area (Å²) in [5.74, 6) is -0.609. The quantitative estimate of drug-likeness (QED) is 0.569. The molecule has 0 unspecified atom stereocenters. The van der Waals surface area contributed by atoms with Crippen LogP contribution < -0.4 is 10.7 Å². The van der Waals surface area contributed by atoms with Gasteiger partial charge in [0.2, 0.25) is 5.91 Å². The zero-order valence-corrected chi connectivity index (χ0v) is 13.8. The molecule has 0 spiro atoms. The molecule has 3 rings (SSSR count). The summed E-state index contributed by atoms with van der Waals surface area (Å²) < 4.78 is 6.37. The number of aromatic nitrogens is 1. The van der Waals surface area contributed by atoms with Gasteiger partial charge in [-0.3, -0.25) is 14.4 Å². The highest BCUT2D eigenvalue weighted by molar-refractivity contribution is 5.94. The highest BCUT2D eigenvalue weighted by Gasteiger charge is 2.12. The molecule has 0 bridgehead atoms. The summed E-state index contributed by atoms with van der Waals surface area (Å²) in [5.41, 5.74) is 1.36. The van der Waals surface area contributed by atoms with Gasteiger partial charge >= 0.3 is 5.97 Å². The van der Waals surface area contributed by atoms with E-state index in [-0.39, 0.29) is 36.8 Å². The molecule has 25 heavy (non-hydrogen) atoms. The Balaban J connectivity index is 1.97. The minimum absolute atomic E-state index is 0.0476. The molecule has 0 atom stereocenters. The van der Waals surface area contributed by atoms with Crippen LogP contribution in [0.5, 0.6) is 0 Å². The third-order valence-corrected chi connectivity index (χ3v) is 4.06. The number of nitrogens with zero attached hydrogens (tertiary/aromatic N) is 1. The van der Waals surface area contributed by atoms with Gasteiger partial charge < -0.3 is 14.6 Å². The number of hydrogen-bond acceptors (Lipinski definition) is 4. The average Bonchev–Trinajstić information content (AvgIpc) is 2.65. The van der Waals surface area contributed by atoms with Crippen LogP contribution in [0.3, 0.4) is 0 Å². The summed E-state index contributed by atoms with van der Waals surface area (Å²) in [4.78, 5) is 36.1. The molecule has 0 aliphatic rings. The van der Waals surface area contributed by atoms with Crippen LogP contribution in [0.15, 0.2) is 53.3 Å². The van der Waals surface area contributed by atoms with Gasteiger partial charge in [0.25, 0.3) is 0 Å². The number of carbonyl (C=O) groups excluding carboxylic acids is 2. The van der Waals surface area contributed by atoms with Crippen LogP contribution in [0.2, 0.25) is 0 Å². The fourth-order valence-electron chi connectivity index (χ4n) is 2.85. The van der Waals surface area contributed by atoms with Crippen molar-refractivity contribution in [2.75, 3.05) is 13.7 Å². The maximum atomic E-state index is 12.6. The van der Waals surface area contributed by atoms with E-state index in [1.807, 2.05) is 28.8 Å². The lowest BCUT2D eigenvalue weighted by Crippen LogP contribution is -2.30. The summed E-state index contributed by atoms with van der Waals surface area (Å²) in [5, 5.41) is 3.85. The van der Waals surface area contributed by atoms with Gasteiger partial charge in [-0.1, -0.05) is 24.3 Å². The number of hydrogen-bond donors (Lipinski definition) is 1. The molecule has 1 heterocycles. The molecule has 1 aromatic heterocycles. The number of amides is 1. The molecule has 1 N–H and O–H groups in total. The number of methoxy groups -OCH3 is 1. The number of fused-ring (bicyclic) bond motifs is 2. The second-order valence-electron chi connectivity index (χ2n) is 5.63. The summed E-state index contributed by atoms with van der Waals surface area (Å²) in [6.07, 6.45) is 0.119. The molecule has 0 saturated heterocycles. The predicted octanol–water partition coefficient (Wildman–Crippen LogP) is 1.83. The molecule has 0 aliphatic carbocycles. The van der Waals surface area contributed by atoms with Crippen LogP contribution in [-0.4, -0.2) is 30.1 Å². The van der Waals surface area contributed by atoms with Gasteiger partial charge in [0.1, 0.15) is 6.54 Å². The lowest BCUT2D eigenvalue weighted by molar-refractivity contribution is -0.140. The highest BCUT2D eigenvalue weighted by atomic mass is 16.5.